The van der Waals surface area contributed by atoms with Gasteiger partial charge in [0, 0.05) is 24.3 Å². The van der Waals surface area contributed by atoms with Crippen molar-refractivity contribution in [3.05, 3.63) is 23.9 Å². The van der Waals surface area contributed by atoms with Crippen LogP contribution in [0.25, 0.3) is 5.65 Å². The van der Waals surface area contributed by atoms with Crippen LogP contribution in [0.2, 0.25) is 0 Å². The van der Waals surface area contributed by atoms with Gasteiger partial charge in [0.15, 0.2) is 5.65 Å². The molecule has 0 bridgehead atoms. The molecular formula is C15H22N4O. The Balaban J connectivity index is 1.74. The van der Waals surface area contributed by atoms with E-state index in [1.165, 1.54) is 5.56 Å². The lowest BCUT2D eigenvalue weighted by molar-refractivity contribution is -0.0977. The van der Waals surface area contributed by atoms with Crippen LogP contribution in [-0.4, -0.2) is 33.4 Å². The van der Waals surface area contributed by atoms with E-state index in [-0.39, 0.29) is 5.41 Å². The highest BCUT2D eigenvalue weighted by molar-refractivity contribution is 5.45. The Morgan fingerprint density at radius 3 is 2.95 bits per heavy atom. The summed E-state index contributed by atoms with van der Waals surface area (Å²) in [5, 5.41) is 7.93. The maximum Gasteiger partial charge on any atom is 0.243 e. The van der Waals surface area contributed by atoms with Crippen molar-refractivity contribution in [2.75, 3.05) is 11.9 Å². The molecule has 2 heterocycles. The Kier molecular flexibility index (Phi) is 3.17. The molecule has 2 atom stereocenters. The van der Waals surface area contributed by atoms with Crippen LogP contribution in [-0.2, 0) is 4.74 Å². The third-order valence-electron chi connectivity index (χ3n) is 4.33. The van der Waals surface area contributed by atoms with Gasteiger partial charge in [-0.1, -0.05) is 19.9 Å². The van der Waals surface area contributed by atoms with Crippen molar-refractivity contribution in [3.8, 4) is 0 Å². The van der Waals surface area contributed by atoms with Gasteiger partial charge in [0.1, 0.15) is 0 Å². The fourth-order valence-electron chi connectivity index (χ4n) is 2.82. The van der Waals surface area contributed by atoms with Crippen molar-refractivity contribution in [2.45, 2.75) is 46.3 Å². The van der Waals surface area contributed by atoms with Crippen molar-refractivity contribution in [2.24, 2.45) is 5.41 Å². The van der Waals surface area contributed by atoms with Crippen LogP contribution < -0.4 is 5.32 Å². The Bertz CT molecular complexity index is 619. The second-order valence-corrected chi connectivity index (χ2v) is 6.14. The summed E-state index contributed by atoms with van der Waals surface area (Å²) < 4.78 is 7.57. The number of nitrogens with one attached hydrogen (secondary N) is 1. The molecule has 108 valence electrons. The lowest BCUT2D eigenvalue weighted by Gasteiger charge is -2.51. The first-order valence-electron chi connectivity index (χ1n) is 7.22. The van der Waals surface area contributed by atoms with Gasteiger partial charge in [0.25, 0.3) is 0 Å². The summed E-state index contributed by atoms with van der Waals surface area (Å²) >= 11 is 0. The number of nitrogens with zero attached hydrogens (tertiary/aromatic N) is 3. The molecule has 0 aromatic carbocycles. The molecule has 0 radical (unpaired) electrons. The van der Waals surface area contributed by atoms with Crippen LogP contribution >= 0.6 is 0 Å². The standard InChI is InChI=1S/C15H22N4O/c1-5-20-12-8-11(15(12,3)4)16-14-17-13-7-6-10(2)9-19(13)18-14/h6-7,9,11-12H,5,8H2,1-4H3,(H,16,18). The first-order valence-corrected chi connectivity index (χ1v) is 7.22. The number of hydrogen-bond acceptors (Lipinski definition) is 4. The number of ether oxygens (including phenoxy) is 1. The molecule has 2 aromatic heterocycles. The van der Waals surface area contributed by atoms with E-state index < -0.39 is 0 Å². The molecule has 1 saturated carbocycles. The third-order valence-corrected chi connectivity index (χ3v) is 4.33. The number of pyridine rings is 1. The van der Waals surface area contributed by atoms with Crippen LogP contribution in [0.15, 0.2) is 18.3 Å². The fourth-order valence-corrected chi connectivity index (χ4v) is 2.82. The summed E-state index contributed by atoms with van der Waals surface area (Å²) in [4.78, 5) is 4.51. The van der Waals surface area contributed by atoms with Crippen LogP contribution in [0.3, 0.4) is 0 Å². The molecular weight excluding hydrogens is 252 g/mol. The smallest absolute Gasteiger partial charge is 0.243 e. The van der Waals surface area contributed by atoms with Crippen LogP contribution in [0, 0.1) is 12.3 Å². The largest absolute Gasteiger partial charge is 0.378 e. The zero-order valence-corrected chi connectivity index (χ0v) is 12.6. The summed E-state index contributed by atoms with van der Waals surface area (Å²) in [5.41, 5.74) is 2.16. The molecule has 1 aliphatic rings. The molecule has 5 heteroatoms. The average Bonchev–Trinajstić information content (AvgIpc) is 2.79. The maximum absolute atomic E-state index is 5.75. The van der Waals surface area contributed by atoms with Crippen LogP contribution in [0.4, 0.5) is 5.95 Å². The SMILES string of the molecule is CCOC1CC(Nc2nc3ccc(C)cn3n2)C1(C)C. The molecule has 20 heavy (non-hydrogen) atoms. The highest BCUT2D eigenvalue weighted by Crippen LogP contribution is 2.44. The summed E-state index contributed by atoms with van der Waals surface area (Å²) in [6.45, 7) is 9.33. The van der Waals surface area contributed by atoms with E-state index in [9.17, 15) is 0 Å². The van der Waals surface area contributed by atoms with Gasteiger partial charge in [-0.15, -0.1) is 5.10 Å². The van der Waals surface area contributed by atoms with Gasteiger partial charge < -0.3 is 10.1 Å². The Labute approximate surface area is 119 Å². The third kappa shape index (κ3) is 2.16. The molecule has 0 amide bonds. The minimum absolute atomic E-state index is 0.114. The summed E-state index contributed by atoms with van der Waals surface area (Å²) in [6.07, 6.45) is 3.32. The molecule has 0 spiro atoms. The van der Waals surface area contributed by atoms with Crippen molar-refractivity contribution >= 4 is 11.6 Å². The Morgan fingerprint density at radius 2 is 2.25 bits per heavy atom. The average molecular weight is 274 g/mol. The Hall–Kier alpha value is -1.62. The van der Waals surface area contributed by atoms with E-state index >= 15 is 0 Å². The van der Waals surface area contributed by atoms with E-state index in [2.05, 4.69) is 36.2 Å². The van der Waals surface area contributed by atoms with E-state index in [1.54, 1.807) is 0 Å². The first-order chi connectivity index (χ1) is 9.50. The second-order valence-electron chi connectivity index (χ2n) is 6.14. The van der Waals surface area contributed by atoms with E-state index in [4.69, 9.17) is 4.74 Å². The zero-order chi connectivity index (χ0) is 14.3. The summed E-state index contributed by atoms with van der Waals surface area (Å²) in [5.74, 6) is 0.698. The summed E-state index contributed by atoms with van der Waals surface area (Å²) in [6, 6.07) is 4.40. The lowest BCUT2D eigenvalue weighted by Crippen LogP contribution is -2.58. The van der Waals surface area contributed by atoms with Crippen molar-refractivity contribution in [1.82, 2.24) is 14.6 Å². The number of anilines is 1. The molecule has 1 N–H and O–H groups in total. The highest BCUT2D eigenvalue weighted by Gasteiger charge is 2.49. The van der Waals surface area contributed by atoms with Gasteiger partial charge in [-0.3, -0.25) is 0 Å². The molecule has 2 unspecified atom stereocenters. The van der Waals surface area contributed by atoms with Crippen molar-refractivity contribution in [1.29, 1.82) is 0 Å². The minimum atomic E-state index is 0.114. The second kappa shape index (κ2) is 4.74. The lowest BCUT2D eigenvalue weighted by atomic mass is 9.64. The van der Waals surface area contributed by atoms with Crippen LogP contribution in [0.1, 0.15) is 32.8 Å². The quantitative estimate of drug-likeness (QED) is 0.931. The van der Waals surface area contributed by atoms with Crippen LogP contribution in [0.5, 0.6) is 0 Å². The molecule has 2 aromatic rings. The van der Waals surface area contributed by atoms with Gasteiger partial charge in [-0.2, -0.15) is 4.98 Å². The van der Waals surface area contributed by atoms with Gasteiger partial charge in [-0.05, 0) is 31.9 Å². The summed E-state index contributed by atoms with van der Waals surface area (Å²) in [7, 11) is 0. The zero-order valence-electron chi connectivity index (χ0n) is 12.6. The normalized spacial score (nSPS) is 24.6. The maximum atomic E-state index is 5.75. The molecule has 3 rings (SSSR count). The number of aromatic nitrogens is 3. The van der Waals surface area contributed by atoms with E-state index in [0.29, 0.717) is 18.1 Å². The first kappa shape index (κ1) is 13.4. The minimum Gasteiger partial charge on any atom is -0.378 e. The van der Waals surface area contributed by atoms with Gasteiger partial charge in [-0.25, -0.2) is 4.52 Å². The predicted octanol–water partition coefficient (Wildman–Crippen LogP) is 2.65. The number of rotatable bonds is 4. The molecule has 0 aliphatic heterocycles. The monoisotopic (exact) mass is 274 g/mol. The van der Waals surface area contributed by atoms with E-state index in [1.807, 2.05) is 29.8 Å². The van der Waals surface area contributed by atoms with Gasteiger partial charge in [0.05, 0.1) is 6.10 Å². The number of fused-ring (bicyclic) bond motifs is 1. The Morgan fingerprint density at radius 1 is 1.45 bits per heavy atom. The number of aryl methyl sites for hydroxylation is 1. The topological polar surface area (TPSA) is 51.5 Å². The van der Waals surface area contributed by atoms with Gasteiger partial charge in [0.2, 0.25) is 5.95 Å². The highest BCUT2D eigenvalue weighted by atomic mass is 16.5. The molecule has 5 nitrogen and oxygen atoms in total. The predicted molar refractivity (Wildman–Crippen MR) is 78.9 cm³/mol. The van der Waals surface area contributed by atoms with Gasteiger partial charge >= 0.3 is 0 Å². The molecule has 1 aliphatic carbocycles. The molecule has 0 saturated heterocycles. The van der Waals surface area contributed by atoms with Crippen molar-refractivity contribution in [3.63, 3.8) is 0 Å². The van der Waals surface area contributed by atoms with E-state index in [0.717, 1.165) is 18.7 Å². The van der Waals surface area contributed by atoms with Crippen molar-refractivity contribution < 1.29 is 4.74 Å². The number of hydrogen-bond donors (Lipinski definition) is 1. The molecule has 1 fully saturated rings. The fraction of sp³-hybridized carbons (Fsp3) is 0.600.